The summed E-state index contributed by atoms with van der Waals surface area (Å²) in [5.74, 6) is -0.337. The van der Waals surface area contributed by atoms with Crippen LogP contribution < -0.4 is 0 Å². The van der Waals surface area contributed by atoms with E-state index >= 15 is 0 Å². The summed E-state index contributed by atoms with van der Waals surface area (Å²) in [5, 5.41) is 8.46. The van der Waals surface area contributed by atoms with Crippen LogP contribution in [-0.4, -0.2) is 24.3 Å². The van der Waals surface area contributed by atoms with Crippen LogP contribution in [0.1, 0.15) is 26.7 Å². The Hall–Kier alpha value is -1.05. The Morgan fingerprint density at radius 2 is 2.23 bits per heavy atom. The van der Waals surface area contributed by atoms with Crippen molar-refractivity contribution in [2.75, 3.05) is 13.2 Å². The van der Waals surface area contributed by atoms with Crippen LogP contribution in [0.3, 0.4) is 0 Å². The molecule has 3 heteroatoms. The zero-order valence-corrected chi connectivity index (χ0v) is 8.17. The summed E-state index contributed by atoms with van der Waals surface area (Å²) in [6.45, 7) is 3.96. The first-order valence-corrected chi connectivity index (χ1v) is 4.38. The summed E-state index contributed by atoms with van der Waals surface area (Å²) in [4.78, 5) is 11.1. The molecule has 1 N–H and O–H groups in total. The Morgan fingerprint density at radius 1 is 1.54 bits per heavy atom. The van der Waals surface area contributed by atoms with E-state index in [-0.39, 0.29) is 12.6 Å². The van der Waals surface area contributed by atoms with E-state index in [2.05, 4.69) is 5.73 Å². The largest absolute Gasteiger partial charge is 0.462 e. The third-order valence-electron chi connectivity index (χ3n) is 1.45. The lowest BCUT2D eigenvalue weighted by atomic mass is 10.3. The monoisotopic (exact) mass is 184 g/mol. The molecule has 0 aromatic carbocycles. The highest BCUT2D eigenvalue weighted by Gasteiger charge is 2.03. The van der Waals surface area contributed by atoms with Gasteiger partial charge in [0, 0.05) is 6.61 Å². The van der Waals surface area contributed by atoms with Crippen molar-refractivity contribution in [1.82, 2.24) is 0 Å². The van der Waals surface area contributed by atoms with Gasteiger partial charge in [-0.05, 0) is 32.8 Å². The van der Waals surface area contributed by atoms with Crippen LogP contribution in [0.2, 0.25) is 0 Å². The van der Waals surface area contributed by atoms with Gasteiger partial charge in [0.05, 0.1) is 12.2 Å². The average molecular weight is 184 g/mol. The fourth-order valence-electron chi connectivity index (χ4n) is 0.762. The highest BCUT2D eigenvalue weighted by atomic mass is 16.5. The zero-order chi connectivity index (χ0) is 10.1. The molecule has 0 bridgehead atoms. The van der Waals surface area contributed by atoms with Crippen LogP contribution in [0.5, 0.6) is 0 Å². The van der Waals surface area contributed by atoms with E-state index in [9.17, 15) is 4.79 Å². The molecule has 0 aliphatic heterocycles. The molecular formula is C10H16O3. The lowest BCUT2D eigenvalue weighted by molar-refractivity contribution is -0.139. The summed E-state index contributed by atoms with van der Waals surface area (Å²) in [6.07, 6.45) is 3.04. The van der Waals surface area contributed by atoms with Crippen molar-refractivity contribution in [2.45, 2.75) is 26.7 Å². The van der Waals surface area contributed by atoms with Gasteiger partial charge in [0.2, 0.25) is 0 Å². The molecule has 0 rings (SSSR count). The third-order valence-corrected chi connectivity index (χ3v) is 1.45. The normalized spacial score (nSPS) is 8.85. The molecule has 0 spiro atoms. The Morgan fingerprint density at radius 3 is 2.77 bits per heavy atom. The topological polar surface area (TPSA) is 46.5 Å². The number of hydrogen-bond acceptors (Lipinski definition) is 3. The van der Waals surface area contributed by atoms with Crippen LogP contribution in [-0.2, 0) is 9.53 Å². The van der Waals surface area contributed by atoms with Crippen LogP contribution in [0.4, 0.5) is 0 Å². The molecule has 0 atom stereocenters. The van der Waals surface area contributed by atoms with E-state index in [1.54, 1.807) is 19.9 Å². The van der Waals surface area contributed by atoms with Gasteiger partial charge in [0.25, 0.3) is 0 Å². The summed E-state index contributed by atoms with van der Waals surface area (Å²) in [5.41, 5.74) is 3.23. The van der Waals surface area contributed by atoms with E-state index in [1.165, 1.54) is 0 Å². The molecule has 0 aromatic heterocycles. The lowest BCUT2D eigenvalue weighted by Crippen LogP contribution is -2.06. The van der Waals surface area contributed by atoms with Crippen molar-refractivity contribution in [1.29, 1.82) is 0 Å². The SMILES string of the molecule is CC=C=C(C)C(=O)OCCCCO. The molecule has 0 amide bonds. The summed E-state index contributed by atoms with van der Waals surface area (Å²) >= 11 is 0. The van der Waals surface area contributed by atoms with Crippen molar-refractivity contribution < 1.29 is 14.6 Å². The second kappa shape index (κ2) is 7.59. The van der Waals surface area contributed by atoms with E-state index < -0.39 is 0 Å². The molecule has 0 aliphatic carbocycles. The Bertz CT molecular complexity index is 212. The first-order valence-electron chi connectivity index (χ1n) is 4.38. The Balaban J connectivity index is 3.69. The average Bonchev–Trinajstić information content (AvgIpc) is 2.12. The number of carbonyl (C=O) groups is 1. The van der Waals surface area contributed by atoms with Crippen molar-refractivity contribution in [3.05, 3.63) is 17.4 Å². The van der Waals surface area contributed by atoms with Crippen molar-refractivity contribution in [3.8, 4) is 0 Å². The van der Waals surface area contributed by atoms with Crippen molar-refractivity contribution in [2.24, 2.45) is 0 Å². The van der Waals surface area contributed by atoms with Gasteiger partial charge in [-0.15, -0.1) is 5.73 Å². The molecule has 0 radical (unpaired) electrons. The predicted molar refractivity (Wildman–Crippen MR) is 50.2 cm³/mol. The highest BCUT2D eigenvalue weighted by molar-refractivity contribution is 5.87. The fraction of sp³-hybridized carbons (Fsp3) is 0.600. The molecule has 0 saturated carbocycles. The first-order chi connectivity index (χ1) is 6.22. The molecule has 0 saturated heterocycles. The van der Waals surface area contributed by atoms with Gasteiger partial charge in [-0.3, -0.25) is 0 Å². The number of carbonyl (C=O) groups excluding carboxylic acids is 1. The van der Waals surface area contributed by atoms with E-state index in [0.29, 0.717) is 25.0 Å². The predicted octanol–water partition coefficient (Wildman–Crippen LogP) is 1.42. The Labute approximate surface area is 78.7 Å². The van der Waals surface area contributed by atoms with Crippen molar-refractivity contribution in [3.63, 3.8) is 0 Å². The summed E-state index contributed by atoms with van der Waals surface area (Å²) < 4.78 is 4.89. The highest BCUT2D eigenvalue weighted by Crippen LogP contribution is 1.96. The van der Waals surface area contributed by atoms with Gasteiger partial charge < -0.3 is 9.84 Å². The van der Waals surface area contributed by atoms with Gasteiger partial charge in [0.15, 0.2) is 0 Å². The van der Waals surface area contributed by atoms with Crippen LogP contribution in [0.25, 0.3) is 0 Å². The van der Waals surface area contributed by atoms with Crippen LogP contribution in [0.15, 0.2) is 17.4 Å². The van der Waals surface area contributed by atoms with Gasteiger partial charge >= 0.3 is 5.97 Å². The molecule has 0 fully saturated rings. The maximum absolute atomic E-state index is 11.1. The molecule has 13 heavy (non-hydrogen) atoms. The summed E-state index contributed by atoms with van der Waals surface area (Å²) in [7, 11) is 0. The molecule has 0 unspecified atom stereocenters. The van der Waals surface area contributed by atoms with Crippen LogP contribution >= 0.6 is 0 Å². The molecular weight excluding hydrogens is 168 g/mol. The molecule has 3 nitrogen and oxygen atoms in total. The van der Waals surface area contributed by atoms with Gasteiger partial charge in [-0.1, -0.05) is 0 Å². The number of ether oxygens (including phenoxy) is 1. The molecule has 0 aliphatic rings. The molecule has 74 valence electrons. The standard InChI is InChI=1S/C10H16O3/c1-3-6-9(2)10(12)13-8-5-4-7-11/h3,11H,4-5,7-8H2,1-2H3. The Kier molecular flexibility index (Phi) is 6.98. The number of aliphatic hydroxyl groups is 1. The van der Waals surface area contributed by atoms with E-state index in [1.807, 2.05) is 0 Å². The first kappa shape index (κ1) is 11.9. The maximum atomic E-state index is 11.1. The quantitative estimate of drug-likeness (QED) is 0.304. The fourth-order valence-corrected chi connectivity index (χ4v) is 0.762. The van der Waals surface area contributed by atoms with Crippen LogP contribution in [0, 0.1) is 0 Å². The van der Waals surface area contributed by atoms with Gasteiger partial charge in [0.1, 0.15) is 0 Å². The number of rotatable bonds is 5. The lowest BCUT2D eigenvalue weighted by Gasteiger charge is -2.01. The second-order valence-corrected chi connectivity index (χ2v) is 2.62. The summed E-state index contributed by atoms with van der Waals surface area (Å²) in [6, 6.07) is 0. The minimum Gasteiger partial charge on any atom is -0.462 e. The third kappa shape index (κ3) is 6.14. The number of hydrogen-bond donors (Lipinski definition) is 1. The maximum Gasteiger partial charge on any atom is 0.341 e. The number of esters is 1. The number of unbranched alkanes of at least 4 members (excludes halogenated alkanes) is 1. The smallest absolute Gasteiger partial charge is 0.341 e. The molecule has 0 heterocycles. The van der Waals surface area contributed by atoms with Gasteiger partial charge in [-0.25, -0.2) is 4.79 Å². The zero-order valence-electron chi connectivity index (χ0n) is 8.17. The minimum absolute atomic E-state index is 0.140. The number of aliphatic hydroxyl groups excluding tert-OH is 1. The van der Waals surface area contributed by atoms with E-state index in [4.69, 9.17) is 9.84 Å². The van der Waals surface area contributed by atoms with Gasteiger partial charge in [-0.2, -0.15) is 0 Å². The van der Waals surface area contributed by atoms with E-state index in [0.717, 1.165) is 0 Å². The second-order valence-electron chi connectivity index (χ2n) is 2.62. The molecule has 0 aromatic rings. The van der Waals surface area contributed by atoms with Crippen molar-refractivity contribution >= 4 is 5.97 Å². The minimum atomic E-state index is -0.337.